The van der Waals surface area contributed by atoms with E-state index in [2.05, 4.69) is 32.3 Å². The van der Waals surface area contributed by atoms with E-state index in [1.807, 2.05) is 20.8 Å². The lowest BCUT2D eigenvalue weighted by Crippen LogP contribution is -2.49. The Bertz CT molecular complexity index is 268. The lowest BCUT2D eigenvalue weighted by molar-refractivity contribution is 0.0797. The average molecular weight is 319 g/mol. The van der Waals surface area contributed by atoms with Crippen LogP contribution >= 0.6 is 0 Å². The summed E-state index contributed by atoms with van der Waals surface area (Å²) in [5.41, 5.74) is 2.44. The lowest BCUT2D eigenvalue weighted by atomic mass is 10.2. The second-order valence-electron chi connectivity index (χ2n) is 5.99. The SMILES string of the molecule is CCCC/C(=C\[Si](C)(C)C)[Si](OCC)(OCC)OCC. The molecule has 0 unspecified atom stereocenters. The molecule has 0 aliphatic heterocycles. The van der Waals surface area contributed by atoms with Crippen LogP contribution < -0.4 is 0 Å². The summed E-state index contributed by atoms with van der Waals surface area (Å²) in [5, 5.41) is 1.31. The first-order valence-electron chi connectivity index (χ1n) is 7.99. The summed E-state index contributed by atoms with van der Waals surface area (Å²) in [7, 11) is -4.01. The molecule has 20 heavy (non-hydrogen) atoms. The topological polar surface area (TPSA) is 27.7 Å². The van der Waals surface area contributed by atoms with Crippen molar-refractivity contribution in [3.05, 3.63) is 10.9 Å². The standard InChI is InChI=1S/C15H34O3Si2/c1-8-12-13-15(14-19(5,6)7)20(16-9-2,17-10-3)18-11-4/h14H,8-13H2,1-7H3/b15-14+. The molecule has 0 aliphatic carbocycles. The summed E-state index contributed by atoms with van der Waals surface area (Å²) in [6.07, 6.45) is 3.38. The van der Waals surface area contributed by atoms with Crippen molar-refractivity contribution in [3.63, 3.8) is 0 Å². The molecular weight excluding hydrogens is 284 g/mol. The zero-order chi connectivity index (χ0) is 15.6. The predicted octanol–water partition coefficient (Wildman–Crippen LogP) is 4.57. The summed E-state index contributed by atoms with van der Waals surface area (Å²) < 4.78 is 18.2. The van der Waals surface area contributed by atoms with Crippen LogP contribution in [0.2, 0.25) is 19.6 Å². The minimum absolute atomic E-state index is 0.640. The van der Waals surface area contributed by atoms with Crippen molar-refractivity contribution >= 4 is 16.9 Å². The molecule has 0 saturated carbocycles. The van der Waals surface area contributed by atoms with Gasteiger partial charge in [0, 0.05) is 19.8 Å². The Morgan fingerprint density at radius 1 is 0.850 bits per heavy atom. The van der Waals surface area contributed by atoms with Gasteiger partial charge in [-0.2, -0.15) is 0 Å². The van der Waals surface area contributed by atoms with Gasteiger partial charge in [-0.25, -0.2) is 0 Å². The van der Waals surface area contributed by atoms with E-state index in [1.54, 1.807) is 0 Å². The quantitative estimate of drug-likeness (QED) is 0.522. The molecule has 0 spiro atoms. The second-order valence-corrected chi connectivity index (χ2v) is 13.6. The fourth-order valence-electron chi connectivity index (χ4n) is 2.18. The minimum atomic E-state index is -2.68. The molecule has 0 N–H and O–H groups in total. The van der Waals surface area contributed by atoms with Crippen LogP contribution in [0.5, 0.6) is 0 Å². The van der Waals surface area contributed by atoms with Crippen molar-refractivity contribution in [2.75, 3.05) is 19.8 Å². The van der Waals surface area contributed by atoms with Crippen molar-refractivity contribution in [3.8, 4) is 0 Å². The van der Waals surface area contributed by atoms with Gasteiger partial charge in [-0.05, 0) is 38.8 Å². The molecule has 0 bridgehead atoms. The number of hydrogen-bond donors (Lipinski definition) is 0. The van der Waals surface area contributed by atoms with Crippen molar-refractivity contribution in [2.24, 2.45) is 0 Å². The van der Waals surface area contributed by atoms with Crippen LogP contribution in [0.1, 0.15) is 47.0 Å². The van der Waals surface area contributed by atoms with Crippen LogP contribution in [0.15, 0.2) is 10.9 Å². The van der Waals surface area contributed by atoms with Gasteiger partial charge in [-0.1, -0.05) is 38.7 Å². The normalized spacial score (nSPS) is 13.8. The smallest absolute Gasteiger partial charge is 0.371 e. The van der Waals surface area contributed by atoms with Gasteiger partial charge in [0.2, 0.25) is 0 Å². The van der Waals surface area contributed by atoms with E-state index >= 15 is 0 Å². The van der Waals surface area contributed by atoms with Crippen LogP contribution in [-0.2, 0) is 13.3 Å². The molecule has 0 aliphatic rings. The maximum Gasteiger partial charge on any atom is 0.532 e. The molecule has 3 nitrogen and oxygen atoms in total. The van der Waals surface area contributed by atoms with Crippen molar-refractivity contribution in [1.82, 2.24) is 0 Å². The molecular formula is C15H34O3Si2. The number of rotatable bonds is 11. The third-order valence-electron chi connectivity index (χ3n) is 2.80. The highest BCUT2D eigenvalue weighted by Crippen LogP contribution is 2.27. The monoisotopic (exact) mass is 318 g/mol. The fourth-order valence-corrected chi connectivity index (χ4v) is 7.80. The number of hydrogen-bond acceptors (Lipinski definition) is 3. The zero-order valence-corrected chi connectivity index (χ0v) is 16.5. The minimum Gasteiger partial charge on any atom is -0.371 e. The van der Waals surface area contributed by atoms with Crippen molar-refractivity contribution in [2.45, 2.75) is 66.6 Å². The van der Waals surface area contributed by atoms with E-state index < -0.39 is 16.9 Å². The van der Waals surface area contributed by atoms with Crippen LogP contribution in [-0.4, -0.2) is 36.7 Å². The number of allylic oxidation sites excluding steroid dienone is 1. The van der Waals surface area contributed by atoms with Gasteiger partial charge in [0.25, 0.3) is 0 Å². The maximum absolute atomic E-state index is 6.06. The molecule has 0 aromatic carbocycles. The van der Waals surface area contributed by atoms with E-state index in [1.165, 1.54) is 11.6 Å². The number of unbranched alkanes of at least 4 members (excludes halogenated alkanes) is 1. The second kappa shape index (κ2) is 9.89. The predicted molar refractivity (Wildman–Crippen MR) is 91.6 cm³/mol. The molecule has 0 aromatic rings. The van der Waals surface area contributed by atoms with E-state index in [0.717, 1.165) is 12.8 Å². The molecule has 0 amide bonds. The molecule has 0 atom stereocenters. The van der Waals surface area contributed by atoms with E-state index in [0.29, 0.717) is 19.8 Å². The van der Waals surface area contributed by atoms with Crippen LogP contribution in [0, 0.1) is 0 Å². The van der Waals surface area contributed by atoms with E-state index in [4.69, 9.17) is 13.3 Å². The highest BCUT2D eigenvalue weighted by molar-refractivity contribution is 6.83. The molecule has 0 rings (SSSR count). The highest BCUT2D eigenvalue weighted by Gasteiger charge is 2.45. The molecule has 5 heteroatoms. The van der Waals surface area contributed by atoms with Crippen LogP contribution in [0.3, 0.4) is 0 Å². The summed E-state index contributed by atoms with van der Waals surface area (Å²) in [6.45, 7) is 17.2. The molecule has 0 fully saturated rings. The van der Waals surface area contributed by atoms with Gasteiger partial charge in [0.1, 0.15) is 0 Å². The summed E-state index contributed by atoms with van der Waals surface area (Å²) in [5.74, 6) is 0. The first kappa shape index (κ1) is 20.1. The average Bonchev–Trinajstić information content (AvgIpc) is 2.34. The Hall–Kier alpha value is 0.0538. The zero-order valence-electron chi connectivity index (χ0n) is 14.5. The van der Waals surface area contributed by atoms with Gasteiger partial charge in [-0.3, -0.25) is 0 Å². The van der Waals surface area contributed by atoms with Gasteiger partial charge in [0.05, 0.1) is 8.07 Å². The fraction of sp³-hybridized carbons (Fsp3) is 0.867. The highest BCUT2D eigenvalue weighted by atomic mass is 28.4. The Kier molecular flexibility index (Phi) is 9.92. The molecule has 0 radical (unpaired) electrons. The van der Waals surface area contributed by atoms with Crippen LogP contribution in [0.4, 0.5) is 0 Å². The first-order valence-corrected chi connectivity index (χ1v) is 13.3. The maximum atomic E-state index is 6.06. The third-order valence-corrected chi connectivity index (χ3v) is 7.49. The Balaban J connectivity index is 5.50. The first-order chi connectivity index (χ1) is 9.35. The van der Waals surface area contributed by atoms with Gasteiger partial charge < -0.3 is 13.3 Å². The Labute approximate surface area is 128 Å². The van der Waals surface area contributed by atoms with Crippen molar-refractivity contribution in [1.29, 1.82) is 0 Å². The lowest BCUT2D eigenvalue weighted by Gasteiger charge is -2.32. The van der Waals surface area contributed by atoms with Gasteiger partial charge in [0.15, 0.2) is 0 Å². The summed E-state index contributed by atoms with van der Waals surface area (Å²) in [6, 6.07) is 0. The van der Waals surface area contributed by atoms with Crippen molar-refractivity contribution < 1.29 is 13.3 Å². The molecule has 0 heterocycles. The molecule has 120 valence electrons. The van der Waals surface area contributed by atoms with Gasteiger partial charge in [-0.15, -0.1) is 0 Å². The largest absolute Gasteiger partial charge is 0.532 e. The van der Waals surface area contributed by atoms with Gasteiger partial charge >= 0.3 is 8.80 Å². The summed E-state index contributed by atoms with van der Waals surface area (Å²) in [4.78, 5) is 0. The van der Waals surface area contributed by atoms with Crippen LogP contribution in [0.25, 0.3) is 0 Å². The molecule has 0 saturated heterocycles. The Morgan fingerprint density at radius 2 is 1.30 bits per heavy atom. The van der Waals surface area contributed by atoms with E-state index in [9.17, 15) is 0 Å². The van der Waals surface area contributed by atoms with E-state index in [-0.39, 0.29) is 0 Å². The molecule has 0 aromatic heterocycles. The third kappa shape index (κ3) is 7.17. The Morgan fingerprint density at radius 3 is 1.60 bits per heavy atom. The summed E-state index contributed by atoms with van der Waals surface area (Å²) >= 11 is 0.